The highest BCUT2D eigenvalue weighted by Crippen LogP contribution is 2.66. The number of nitrogens with zero attached hydrogens (tertiary/aromatic N) is 3. The molecule has 2 unspecified atom stereocenters. The van der Waals surface area contributed by atoms with Crippen LogP contribution in [0.25, 0.3) is 22.2 Å². The van der Waals surface area contributed by atoms with Crippen molar-refractivity contribution >= 4 is 32.7 Å². The predicted octanol–water partition coefficient (Wildman–Crippen LogP) is 4.71. The molecule has 2 aromatic carbocycles. The molecule has 1 saturated heterocycles. The van der Waals surface area contributed by atoms with Crippen molar-refractivity contribution < 1.29 is 22.7 Å². The number of ether oxygens (including phenoxy) is 1. The Bertz CT molecular complexity index is 1750. The van der Waals surface area contributed by atoms with Gasteiger partial charge in [0.25, 0.3) is 5.91 Å². The van der Waals surface area contributed by atoms with E-state index in [2.05, 4.69) is 33.4 Å². The summed E-state index contributed by atoms with van der Waals surface area (Å²) >= 11 is 0. The van der Waals surface area contributed by atoms with Crippen molar-refractivity contribution in [2.24, 2.45) is 5.41 Å². The second kappa shape index (κ2) is 10.9. The molecule has 2 aliphatic carbocycles. The molecule has 3 aromatic rings. The molecule has 44 heavy (non-hydrogen) atoms. The summed E-state index contributed by atoms with van der Waals surface area (Å²) in [5.41, 5.74) is 5.35. The number of rotatable bonds is 6. The van der Waals surface area contributed by atoms with Gasteiger partial charge >= 0.3 is 0 Å². The molecule has 0 radical (unpaired) electrons. The van der Waals surface area contributed by atoms with Crippen LogP contribution in [-0.2, 0) is 21.4 Å². The Kier molecular flexibility index (Phi) is 7.28. The Morgan fingerprint density at radius 1 is 1.02 bits per heavy atom. The van der Waals surface area contributed by atoms with Gasteiger partial charge in [-0.1, -0.05) is 25.3 Å². The molecular formula is C34H42N4O5S. The van der Waals surface area contributed by atoms with Gasteiger partial charge in [-0.15, -0.1) is 0 Å². The summed E-state index contributed by atoms with van der Waals surface area (Å²) in [5, 5.41) is 1.09. The number of carbonyl (C=O) groups excluding carboxylic acids is 2. The number of benzene rings is 2. The molecule has 3 fully saturated rings. The maximum Gasteiger partial charge on any atom is 0.264 e. The van der Waals surface area contributed by atoms with Gasteiger partial charge in [-0.25, -0.2) is 13.1 Å². The zero-order chi connectivity index (χ0) is 30.8. The molecule has 10 heteroatoms. The highest BCUT2D eigenvalue weighted by molar-refractivity contribution is 7.90. The van der Waals surface area contributed by atoms with E-state index in [1.54, 1.807) is 13.2 Å². The van der Waals surface area contributed by atoms with E-state index >= 15 is 0 Å². The van der Waals surface area contributed by atoms with Gasteiger partial charge in [0.05, 0.1) is 24.0 Å². The molecule has 2 saturated carbocycles. The number of aromatic nitrogens is 1. The maximum atomic E-state index is 14.5. The number of carbonyl (C=O) groups is 2. The number of nitrogens with one attached hydrogen (secondary N) is 1. The van der Waals surface area contributed by atoms with Crippen molar-refractivity contribution in [3.05, 3.63) is 53.1 Å². The number of amides is 2. The fourth-order valence-electron chi connectivity index (χ4n) is 8.02. The van der Waals surface area contributed by atoms with E-state index in [0.717, 1.165) is 78.9 Å². The first-order valence-corrected chi connectivity index (χ1v) is 17.7. The molecule has 2 amide bonds. The second-order valence-corrected chi connectivity index (χ2v) is 15.2. The number of hydrogen-bond acceptors (Lipinski definition) is 6. The van der Waals surface area contributed by atoms with E-state index in [9.17, 15) is 18.0 Å². The lowest BCUT2D eigenvalue weighted by molar-refractivity contribution is -0.139. The Morgan fingerprint density at radius 3 is 2.48 bits per heavy atom. The highest BCUT2D eigenvalue weighted by atomic mass is 32.2. The Labute approximate surface area is 259 Å². The van der Waals surface area contributed by atoms with Crippen LogP contribution in [0.4, 0.5) is 0 Å². The maximum absolute atomic E-state index is 14.5. The Balaban J connectivity index is 1.44. The third-order valence-corrected chi connectivity index (χ3v) is 11.9. The van der Waals surface area contributed by atoms with Crippen molar-refractivity contribution in [1.29, 1.82) is 0 Å². The zero-order valence-electron chi connectivity index (χ0n) is 25.9. The largest absolute Gasteiger partial charge is 0.497 e. The molecule has 0 bridgehead atoms. The smallest absolute Gasteiger partial charge is 0.264 e. The summed E-state index contributed by atoms with van der Waals surface area (Å²) < 4.78 is 34.7. The Hall–Kier alpha value is -3.37. The normalized spacial score (nSPS) is 23.8. The number of likely N-dealkylation sites (N-methyl/N-ethyl adjacent to an activating group) is 1. The van der Waals surface area contributed by atoms with Crippen LogP contribution in [0.5, 0.6) is 5.75 Å². The number of hydrogen-bond donors (Lipinski definition) is 1. The standard InChI is InChI=1S/C34H42N4O5S/c1-4-44(41,42)35-32(39)23-10-12-26-29(18-23)38-21-34(33(40)37-16-14-36(2)15-17-37)20-28(34)27-19-24(43-3)11-13-25(27)31(38)30(26)22-8-6-5-7-9-22/h10-13,18-19,22,28H,4-9,14-17,20-21H2,1-3H3,(H,35,39). The summed E-state index contributed by atoms with van der Waals surface area (Å²) in [6.07, 6.45) is 6.56. The fourth-order valence-corrected chi connectivity index (χ4v) is 8.56. The molecule has 2 atom stereocenters. The minimum Gasteiger partial charge on any atom is -0.497 e. The van der Waals surface area contributed by atoms with Crippen LogP contribution in [0.1, 0.15) is 78.8 Å². The monoisotopic (exact) mass is 618 g/mol. The summed E-state index contributed by atoms with van der Waals surface area (Å²) in [6.45, 7) is 5.20. The third-order valence-electron chi connectivity index (χ3n) is 10.6. The molecule has 234 valence electrons. The SMILES string of the molecule is CCS(=O)(=O)NC(=O)c1ccc2c(C3CCCCC3)c3n(c2c1)CC1(C(=O)N2CCN(C)CC2)CC1c1cc(OC)ccc1-3. The summed E-state index contributed by atoms with van der Waals surface area (Å²) in [6, 6.07) is 11.9. The van der Waals surface area contributed by atoms with Crippen LogP contribution in [-0.4, -0.2) is 80.7 Å². The van der Waals surface area contributed by atoms with Gasteiger partial charge in [-0.05, 0) is 80.6 Å². The van der Waals surface area contributed by atoms with Crippen molar-refractivity contribution in [2.75, 3.05) is 46.1 Å². The van der Waals surface area contributed by atoms with E-state index in [4.69, 9.17) is 4.74 Å². The van der Waals surface area contributed by atoms with Gasteiger partial charge in [0.15, 0.2) is 0 Å². The lowest BCUT2D eigenvalue weighted by Gasteiger charge is -2.35. The molecule has 1 N–H and O–H groups in total. The minimum atomic E-state index is -3.71. The first kappa shape index (κ1) is 29.3. The summed E-state index contributed by atoms with van der Waals surface area (Å²) in [7, 11) is 0.0670. The summed E-state index contributed by atoms with van der Waals surface area (Å²) in [4.78, 5) is 32.0. The average Bonchev–Trinajstić information content (AvgIpc) is 3.71. The molecule has 1 aromatic heterocycles. The molecule has 3 heterocycles. The van der Waals surface area contributed by atoms with Crippen LogP contribution in [0, 0.1) is 5.41 Å². The fraction of sp³-hybridized carbons (Fsp3) is 0.529. The van der Waals surface area contributed by atoms with Crippen molar-refractivity contribution in [3.8, 4) is 17.0 Å². The van der Waals surface area contributed by atoms with Crippen LogP contribution < -0.4 is 9.46 Å². The van der Waals surface area contributed by atoms with Gasteiger partial charge < -0.3 is 19.1 Å². The van der Waals surface area contributed by atoms with E-state index in [1.807, 2.05) is 23.1 Å². The van der Waals surface area contributed by atoms with E-state index in [0.29, 0.717) is 18.0 Å². The molecule has 9 nitrogen and oxygen atoms in total. The van der Waals surface area contributed by atoms with Gasteiger partial charge in [0.1, 0.15) is 5.75 Å². The topological polar surface area (TPSA) is 101 Å². The quantitative estimate of drug-likeness (QED) is 0.430. The number of piperazine rings is 1. The molecule has 0 spiro atoms. The van der Waals surface area contributed by atoms with Crippen LogP contribution in [0.2, 0.25) is 0 Å². The van der Waals surface area contributed by atoms with Gasteiger partial charge in [0, 0.05) is 60.7 Å². The molecule has 4 aliphatic rings. The van der Waals surface area contributed by atoms with Crippen LogP contribution in [0.15, 0.2) is 36.4 Å². The number of fused-ring (bicyclic) bond motifs is 7. The first-order chi connectivity index (χ1) is 21.2. The summed E-state index contributed by atoms with van der Waals surface area (Å²) in [5.74, 6) is 0.644. The lowest BCUT2D eigenvalue weighted by atomic mass is 9.81. The first-order valence-electron chi connectivity index (χ1n) is 16.0. The van der Waals surface area contributed by atoms with Crippen molar-refractivity contribution in [3.63, 3.8) is 0 Å². The third kappa shape index (κ3) is 4.81. The predicted molar refractivity (Wildman–Crippen MR) is 171 cm³/mol. The van der Waals surface area contributed by atoms with Gasteiger partial charge in [0.2, 0.25) is 15.9 Å². The van der Waals surface area contributed by atoms with Crippen molar-refractivity contribution in [2.45, 2.75) is 63.8 Å². The minimum absolute atomic E-state index is 0.0788. The molecule has 2 aliphatic heterocycles. The van der Waals surface area contributed by atoms with E-state index in [-0.39, 0.29) is 17.6 Å². The molecular weight excluding hydrogens is 576 g/mol. The van der Waals surface area contributed by atoms with E-state index in [1.165, 1.54) is 31.7 Å². The lowest BCUT2D eigenvalue weighted by Crippen LogP contribution is -2.50. The van der Waals surface area contributed by atoms with Crippen molar-refractivity contribution in [1.82, 2.24) is 19.1 Å². The number of methoxy groups -OCH3 is 1. The van der Waals surface area contributed by atoms with Gasteiger partial charge in [-0.3, -0.25) is 9.59 Å². The van der Waals surface area contributed by atoms with Crippen LogP contribution in [0.3, 0.4) is 0 Å². The second-order valence-electron chi connectivity index (χ2n) is 13.2. The van der Waals surface area contributed by atoms with Gasteiger partial charge in [-0.2, -0.15) is 0 Å². The van der Waals surface area contributed by atoms with E-state index < -0.39 is 21.3 Å². The molecule has 7 rings (SSSR count). The Morgan fingerprint density at radius 2 is 1.77 bits per heavy atom. The highest BCUT2D eigenvalue weighted by Gasteiger charge is 2.64. The average molecular weight is 619 g/mol. The van der Waals surface area contributed by atoms with Crippen LogP contribution >= 0.6 is 0 Å². The zero-order valence-corrected chi connectivity index (χ0v) is 26.7. The number of sulfonamides is 1.